The van der Waals surface area contributed by atoms with Crippen molar-refractivity contribution in [2.24, 2.45) is 0 Å². The van der Waals surface area contributed by atoms with E-state index in [1.54, 1.807) is 12.1 Å². The number of benzene rings is 1. The van der Waals surface area contributed by atoms with Crippen molar-refractivity contribution in [3.63, 3.8) is 0 Å². The van der Waals surface area contributed by atoms with E-state index in [1.165, 1.54) is 0 Å². The molecule has 0 saturated carbocycles. The molecule has 0 atom stereocenters. The largest absolute Gasteiger partial charge is 0.478 e. The van der Waals surface area contributed by atoms with Crippen molar-refractivity contribution in [2.45, 2.75) is 6.42 Å². The molecule has 2 rings (SSSR count). The fourth-order valence-electron chi connectivity index (χ4n) is 2.05. The van der Waals surface area contributed by atoms with Crippen LogP contribution in [0, 0.1) is 0 Å². The number of rotatable bonds is 6. The second kappa shape index (κ2) is 6.34. The van der Waals surface area contributed by atoms with Crippen LogP contribution in [-0.2, 0) is 0 Å². The number of pyridine rings is 1. The number of anilines is 1. The first-order chi connectivity index (χ1) is 9.58. The van der Waals surface area contributed by atoms with E-state index in [4.69, 9.17) is 0 Å². The first kappa shape index (κ1) is 14.3. The molecular formula is C15H19N3O2. The van der Waals surface area contributed by atoms with Gasteiger partial charge >= 0.3 is 5.97 Å². The van der Waals surface area contributed by atoms with Gasteiger partial charge in [0.15, 0.2) is 0 Å². The summed E-state index contributed by atoms with van der Waals surface area (Å²) in [6, 6.07) is 8.88. The van der Waals surface area contributed by atoms with Crippen molar-refractivity contribution in [1.82, 2.24) is 9.88 Å². The number of carbonyl (C=O) groups is 1. The van der Waals surface area contributed by atoms with Crippen molar-refractivity contribution in [3.05, 3.63) is 35.9 Å². The van der Waals surface area contributed by atoms with Crippen LogP contribution in [0.25, 0.3) is 10.9 Å². The Labute approximate surface area is 118 Å². The number of hydrogen-bond acceptors (Lipinski definition) is 4. The third-order valence-electron chi connectivity index (χ3n) is 3.03. The van der Waals surface area contributed by atoms with E-state index < -0.39 is 5.97 Å². The molecule has 1 heterocycles. The molecule has 20 heavy (non-hydrogen) atoms. The van der Waals surface area contributed by atoms with Crippen LogP contribution in [0.15, 0.2) is 30.3 Å². The van der Waals surface area contributed by atoms with Gasteiger partial charge in [-0.3, -0.25) is 0 Å². The Bertz CT molecular complexity index is 611. The maximum absolute atomic E-state index is 11.3. The minimum atomic E-state index is -0.931. The number of para-hydroxylation sites is 1. The van der Waals surface area contributed by atoms with Crippen LogP contribution in [0.3, 0.4) is 0 Å². The molecule has 5 nitrogen and oxygen atoms in total. The number of aromatic nitrogens is 1. The molecule has 0 spiro atoms. The minimum absolute atomic E-state index is 0.283. The average molecular weight is 273 g/mol. The van der Waals surface area contributed by atoms with E-state index in [1.807, 2.05) is 32.3 Å². The maximum atomic E-state index is 11.3. The van der Waals surface area contributed by atoms with E-state index >= 15 is 0 Å². The summed E-state index contributed by atoms with van der Waals surface area (Å²) in [6.07, 6.45) is 0.976. The van der Waals surface area contributed by atoms with Crippen molar-refractivity contribution in [3.8, 4) is 0 Å². The smallest absolute Gasteiger partial charge is 0.336 e. The number of carboxylic acid groups (broad SMARTS) is 1. The molecule has 0 amide bonds. The Kier molecular flexibility index (Phi) is 4.53. The molecule has 2 N–H and O–H groups in total. The third kappa shape index (κ3) is 3.45. The van der Waals surface area contributed by atoms with Gasteiger partial charge < -0.3 is 15.3 Å². The maximum Gasteiger partial charge on any atom is 0.336 e. The summed E-state index contributed by atoms with van der Waals surface area (Å²) < 4.78 is 0. The molecule has 2 aromatic rings. The monoisotopic (exact) mass is 273 g/mol. The quantitative estimate of drug-likeness (QED) is 0.791. The van der Waals surface area contributed by atoms with Gasteiger partial charge in [-0.15, -0.1) is 0 Å². The lowest BCUT2D eigenvalue weighted by Gasteiger charge is -2.11. The van der Waals surface area contributed by atoms with Crippen LogP contribution in [-0.4, -0.2) is 48.1 Å². The summed E-state index contributed by atoms with van der Waals surface area (Å²) in [4.78, 5) is 17.9. The van der Waals surface area contributed by atoms with E-state index in [0.29, 0.717) is 16.7 Å². The highest BCUT2D eigenvalue weighted by molar-refractivity contribution is 6.03. The lowest BCUT2D eigenvalue weighted by Crippen LogP contribution is -2.16. The Morgan fingerprint density at radius 3 is 2.80 bits per heavy atom. The molecule has 0 unspecified atom stereocenters. The molecule has 106 valence electrons. The zero-order valence-corrected chi connectivity index (χ0v) is 11.8. The summed E-state index contributed by atoms with van der Waals surface area (Å²) in [5.74, 6) is -0.320. The van der Waals surface area contributed by atoms with Crippen LogP contribution in [0.2, 0.25) is 0 Å². The van der Waals surface area contributed by atoms with E-state index in [-0.39, 0.29) is 5.56 Å². The minimum Gasteiger partial charge on any atom is -0.478 e. The van der Waals surface area contributed by atoms with Crippen molar-refractivity contribution >= 4 is 22.7 Å². The molecule has 0 fully saturated rings. The van der Waals surface area contributed by atoms with Crippen LogP contribution in [0.4, 0.5) is 5.82 Å². The zero-order chi connectivity index (χ0) is 14.5. The highest BCUT2D eigenvalue weighted by Crippen LogP contribution is 2.20. The molecule has 5 heteroatoms. The zero-order valence-electron chi connectivity index (χ0n) is 11.8. The first-order valence-corrected chi connectivity index (χ1v) is 6.59. The van der Waals surface area contributed by atoms with E-state index in [0.717, 1.165) is 19.5 Å². The summed E-state index contributed by atoms with van der Waals surface area (Å²) in [7, 11) is 4.05. The average Bonchev–Trinajstić information content (AvgIpc) is 2.42. The van der Waals surface area contributed by atoms with Crippen LogP contribution in [0.5, 0.6) is 0 Å². The predicted octanol–water partition coefficient (Wildman–Crippen LogP) is 2.30. The molecular weight excluding hydrogens is 254 g/mol. The van der Waals surface area contributed by atoms with Gasteiger partial charge in [-0.2, -0.15) is 0 Å². The fourth-order valence-corrected chi connectivity index (χ4v) is 2.05. The first-order valence-electron chi connectivity index (χ1n) is 6.59. The highest BCUT2D eigenvalue weighted by Gasteiger charge is 2.11. The number of aromatic carboxylic acids is 1. The topological polar surface area (TPSA) is 65.5 Å². The summed E-state index contributed by atoms with van der Waals surface area (Å²) >= 11 is 0. The Balaban J connectivity index is 2.20. The molecule has 0 radical (unpaired) electrons. The van der Waals surface area contributed by atoms with Crippen molar-refractivity contribution < 1.29 is 9.90 Å². The second-order valence-electron chi connectivity index (χ2n) is 4.96. The normalized spacial score (nSPS) is 10.9. The van der Waals surface area contributed by atoms with Gasteiger partial charge in [-0.1, -0.05) is 18.2 Å². The summed E-state index contributed by atoms with van der Waals surface area (Å²) in [6.45, 7) is 1.74. The highest BCUT2D eigenvalue weighted by atomic mass is 16.4. The number of fused-ring (bicyclic) bond motifs is 1. The van der Waals surface area contributed by atoms with E-state index in [2.05, 4.69) is 15.2 Å². The van der Waals surface area contributed by atoms with Gasteiger partial charge in [0.2, 0.25) is 0 Å². The molecule has 0 saturated heterocycles. The molecule has 1 aromatic heterocycles. The molecule has 0 aliphatic carbocycles. The molecule has 0 aliphatic heterocycles. The van der Waals surface area contributed by atoms with E-state index in [9.17, 15) is 9.90 Å². The SMILES string of the molecule is CN(C)CCCNc1cc(C(=O)O)c2ccccc2n1. The Hall–Kier alpha value is -2.14. The Morgan fingerprint density at radius 1 is 1.35 bits per heavy atom. The molecule has 1 aromatic carbocycles. The van der Waals surface area contributed by atoms with Crippen molar-refractivity contribution in [1.29, 1.82) is 0 Å². The number of nitrogens with zero attached hydrogens (tertiary/aromatic N) is 2. The van der Waals surface area contributed by atoms with Gasteiger partial charge in [0.25, 0.3) is 0 Å². The lowest BCUT2D eigenvalue weighted by molar-refractivity contribution is 0.0699. The number of nitrogens with one attached hydrogen (secondary N) is 1. The van der Waals surface area contributed by atoms with Gasteiger partial charge in [0, 0.05) is 11.9 Å². The van der Waals surface area contributed by atoms with Gasteiger partial charge in [0.05, 0.1) is 11.1 Å². The number of carboxylic acids is 1. The summed E-state index contributed by atoms with van der Waals surface area (Å²) in [5.41, 5.74) is 0.980. The van der Waals surface area contributed by atoms with Gasteiger partial charge in [-0.05, 0) is 39.2 Å². The standard InChI is InChI=1S/C15H19N3O2/c1-18(2)9-5-8-16-14-10-12(15(19)20)11-6-3-4-7-13(11)17-14/h3-4,6-7,10H,5,8-9H2,1-2H3,(H,16,17)(H,19,20). The molecule has 0 bridgehead atoms. The molecule has 0 aliphatic rings. The third-order valence-corrected chi connectivity index (χ3v) is 3.03. The van der Waals surface area contributed by atoms with Crippen molar-refractivity contribution in [2.75, 3.05) is 32.5 Å². The van der Waals surface area contributed by atoms with Gasteiger partial charge in [0.1, 0.15) is 5.82 Å². The Morgan fingerprint density at radius 2 is 2.10 bits per heavy atom. The van der Waals surface area contributed by atoms with Crippen LogP contribution in [0.1, 0.15) is 16.8 Å². The van der Waals surface area contributed by atoms with Crippen LogP contribution >= 0.6 is 0 Å². The summed E-state index contributed by atoms with van der Waals surface area (Å²) in [5, 5.41) is 13.1. The fraction of sp³-hybridized carbons (Fsp3) is 0.333. The second-order valence-corrected chi connectivity index (χ2v) is 4.96. The predicted molar refractivity (Wildman–Crippen MR) is 80.4 cm³/mol. The number of hydrogen-bond donors (Lipinski definition) is 2. The van der Waals surface area contributed by atoms with Gasteiger partial charge in [-0.25, -0.2) is 9.78 Å². The van der Waals surface area contributed by atoms with Crippen LogP contribution < -0.4 is 5.32 Å². The lowest BCUT2D eigenvalue weighted by atomic mass is 10.1.